The van der Waals surface area contributed by atoms with Crippen molar-refractivity contribution in [1.29, 1.82) is 15.8 Å². The highest BCUT2D eigenvalue weighted by molar-refractivity contribution is 5.57. The van der Waals surface area contributed by atoms with E-state index in [1.165, 1.54) is 0 Å². The Morgan fingerprint density at radius 1 is 0.941 bits per heavy atom. The van der Waals surface area contributed by atoms with Crippen LogP contribution in [0.25, 0.3) is 0 Å². The molecule has 1 N–H and O–H groups in total. The lowest BCUT2D eigenvalue weighted by atomic mass is 10.1. The first-order valence-corrected chi connectivity index (χ1v) is 11.0. The summed E-state index contributed by atoms with van der Waals surface area (Å²) in [6.07, 6.45) is 1.33. The van der Waals surface area contributed by atoms with Crippen molar-refractivity contribution in [3.8, 4) is 29.8 Å². The van der Waals surface area contributed by atoms with Gasteiger partial charge in [-0.15, -0.1) is 0 Å². The van der Waals surface area contributed by atoms with Crippen LogP contribution in [0.15, 0.2) is 36.4 Å². The van der Waals surface area contributed by atoms with Gasteiger partial charge in [-0.25, -0.2) is 4.98 Å². The number of nitrogens with zero attached hydrogens (tertiary/aromatic N) is 6. The predicted octanol–water partition coefficient (Wildman–Crippen LogP) is 4.30. The van der Waals surface area contributed by atoms with Gasteiger partial charge in [-0.05, 0) is 67.8 Å². The number of ether oxygens (including phenoxy) is 1. The molecule has 34 heavy (non-hydrogen) atoms. The van der Waals surface area contributed by atoms with Crippen LogP contribution in [0.3, 0.4) is 0 Å². The third-order valence-electron chi connectivity index (χ3n) is 5.75. The van der Waals surface area contributed by atoms with Crippen molar-refractivity contribution in [2.24, 2.45) is 0 Å². The summed E-state index contributed by atoms with van der Waals surface area (Å²) in [6.45, 7) is 5.62. The van der Waals surface area contributed by atoms with E-state index in [2.05, 4.69) is 28.4 Å². The molecule has 0 unspecified atom stereocenters. The Morgan fingerprint density at radius 2 is 1.62 bits per heavy atom. The fraction of sp³-hybridized carbons (Fsp3) is 0.269. The lowest BCUT2D eigenvalue weighted by molar-refractivity contribution is 0.321. The van der Waals surface area contributed by atoms with Crippen LogP contribution in [0.1, 0.15) is 33.5 Å². The number of benzene rings is 2. The first-order valence-electron chi connectivity index (χ1n) is 11.0. The molecule has 8 nitrogen and oxygen atoms in total. The summed E-state index contributed by atoms with van der Waals surface area (Å²) in [4.78, 5) is 11.6. The average molecular weight is 450 g/mol. The normalized spacial score (nSPS) is 13.0. The first-order chi connectivity index (χ1) is 16.5. The third kappa shape index (κ3) is 4.96. The minimum absolute atomic E-state index is 0.363. The Bertz CT molecular complexity index is 1320. The van der Waals surface area contributed by atoms with Gasteiger partial charge in [-0.2, -0.15) is 20.8 Å². The van der Waals surface area contributed by atoms with Crippen molar-refractivity contribution in [3.05, 3.63) is 69.9 Å². The maximum Gasteiger partial charge on any atom is 0.230 e. The van der Waals surface area contributed by atoms with E-state index in [-0.39, 0.29) is 0 Å². The highest BCUT2D eigenvalue weighted by Gasteiger charge is 2.22. The molecule has 2 heterocycles. The Labute approximate surface area is 198 Å². The van der Waals surface area contributed by atoms with Gasteiger partial charge in [0.2, 0.25) is 11.8 Å². The molecule has 4 rings (SSSR count). The van der Waals surface area contributed by atoms with E-state index in [0.29, 0.717) is 54.6 Å². The van der Waals surface area contributed by atoms with Gasteiger partial charge in [-0.3, -0.25) is 4.90 Å². The van der Waals surface area contributed by atoms with Crippen molar-refractivity contribution in [2.75, 3.05) is 25.0 Å². The maximum absolute atomic E-state index is 9.27. The van der Waals surface area contributed by atoms with E-state index >= 15 is 0 Å². The third-order valence-corrected chi connectivity index (χ3v) is 5.75. The van der Waals surface area contributed by atoms with Crippen molar-refractivity contribution < 1.29 is 4.74 Å². The molecular formula is C26H23N7O. The zero-order valence-corrected chi connectivity index (χ0v) is 19.1. The minimum Gasteiger partial charge on any atom is -0.438 e. The molecule has 1 aromatic heterocycles. The second-order valence-corrected chi connectivity index (χ2v) is 8.18. The summed E-state index contributed by atoms with van der Waals surface area (Å²) in [7, 11) is 0. The molecule has 0 bridgehead atoms. The lowest BCUT2D eigenvalue weighted by Crippen LogP contribution is -2.26. The molecule has 1 aliphatic rings. The molecule has 0 aliphatic carbocycles. The van der Waals surface area contributed by atoms with Gasteiger partial charge in [0.15, 0.2) is 0 Å². The van der Waals surface area contributed by atoms with E-state index in [1.807, 2.05) is 13.8 Å². The Hall–Kier alpha value is -4.45. The van der Waals surface area contributed by atoms with Crippen LogP contribution < -0.4 is 10.1 Å². The monoisotopic (exact) mass is 449 g/mol. The second-order valence-electron chi connectivity index (χ2n) is 8.18. The molecule has 168 valence electrons. The number of nitrogens with one attached hydrogen (secondary N) is 1. The summed E-state index contributed by atoms with van der Waals surface area (Å²) >= 11 is 0. The molecule has 0 saturated heterocycles. The van der Waals surface area contributed by atoms with Gasteiger partial charge < -0.3 is 10.1 Å². The number of hydrogen-bond acceptors (Lipinski definition) is 8. The molecule has 0 spiro atoms. The number of rotatable bonds is 5. The molecular weight excluding hydrogens is 426 g/mol. The second kappa shape index (κ2) is 10.0. The van der Waals surface area contributed by atoms with E-state index in [0.717, 1.165) is 34.6 Å². The zero-order valence-electron chi connectivity index (χ0n) is 19.1. The van der Waals surface area contributed by atoms with Crippen LogP contribution in [0.5, 0.6) is 11.6 Å². The van der Waals surface area contributed by atoms with Crippen molar-refractivity contribution in [1.82, 2.24) is 14.9 Å². The summed E-state index contributed by atoms with van der Waals surface area (Å²) in [5.41, 5.74) is 5.42. The average Bonchev–Trinajstić information content (AvgIpc) is 3.04. The number of aromatic nitrogens is 2. The highest BCUT2D eigenvalue weighted by Crippen LogP contribution is 2.34. The van der Waals surface area contributed by atoms with Crippen LogP contribution in [0, 0.1) is 47.8 Å². The van der Waals surface area contributed by atoms with Gasteiger partial charge in [0.05, 0.1) is 41.6 Å². The molecule has 1 aliphatic heterocycles. The molecule has 8 heteroatoms. The fourth-order valence-electron chi connectivity index (χ4n) is 4.04. The van der Waals surface area contributed by atoms with Crippen molar-refractivity contribution in [3.63, 3.8) is 0 Å². The van der Waals surface area contributed by atoms with Gasteiger partial charge >= 0.3 is 0 Å². The Balaban J connectivity index is 1.73. The summed E-state index contributed by atoms with van der Waals surface area (Å²) in [5.74, 6) is 1.54. The number of aryl methyl sites for hydroxylation is 2. The topological polar surface area (TPSA) is 122 Å². The van der Waals surface area contributed by atoms with Crippen LogP contribution in [0.4, 0.5) is 11.6 Å². The molecule has 0 saturated carbocycles. The molecule has 0 fully saturated rings. The quantitative estimate of drug-likeness (QED) is 0.572. The van der Waals surface area contributed by atoms with E-state index in [4.69, 9.17) is 25.2 Å². The molecule has 0 atom stereocenters. The first kappa shape index (κ1) is 22.7. The van der Waals surface area contributed by atoms with Gasteiger partial charge in [0.1, 0.15) is 5.75 Å². The van der Waals surface area contributed by atoms with Crippen LogP contribution in [-0.2, 0) is 12.8 Å². The van der Waals surface area contributed by atoms with Gasteiger partial charge in [0.25, 0.3) is 0 Å². The van der Waals surface area contributed by atoms with E-state index in [9.17, 15) is 5.26 Å². The molecule has 3 aromatic rings. The number of hydrogen-bond donors (Lipinski definition) is 1. The van der Waals surface area contributed by atoms with Gasteiger partial charge in [0, 0.05) is 30.8 Å². The smallest absolute Gasteiger partial charge is 0.230 e. The van der Waals surface area contributed by atoms with Crippen molar-refractivity contribution >= 4 is 11.6 Å². The van der Waals surface area contributed by atoms with Crippen molar-refractivity contribution in [2.45, 2.75) is 26.7 Å². The summed E-state index contributed by atoms with van der Waals surface area (Å²) in [5, 5.41) is 30.7. The maximum atomic E-state index is 9.27. The minimum atomic E-state index is 0.363. The standard InChI is InChI=1S/C26H23N7O/c1-17-13-20(16-29)14-18(2)24(17)34-25-22-7-10-33(12-9-27)11-8-23(22)31-26(32-25)30-21-5-3-19(15-28)4-6-21/h3-6,13-14H,7-8,10-12H2,1-2H3,(H,30,31,32). The number of nitriles is 3. The van der Waals surface area contributed by atoms with E-state index < -0.39 is 0 Å². The number of anilines is 2. The molecule has 0 amide bonds. The van der Waals surface area contributed by atoms with Crippen LogP contribution in [0.2, 0.25) is 0 Å². The van der Waals surface area contributed by atoms with E-state index in [1.54, 1.807) is 36.4 Å². The highest BCUT2D eigenvalue weighted by atomic mass is 16.5. The SMILES string of the molecule is Cc1cc(C#N)cc(C)c1Oc1nc(Nc2ccc(C#N)cc2)nc2c1CCN(CC#N)CC2. The molecule has 2 aromatic carbocycles. The zero-order chi connectivity index (χ0) is 24.1. The largest absolute Gasteiger partial charge is 0.438 e. The lowest BCUT2D eigenvalue weighted by Gasteiger charge is -2.17. The fourth-order valence-corrected chi connectivity index (χ4v) is 4.04. The molecule has 0 radical (unpaired) electrons. The summed E-state index contributed by atoms with van der Waals surface area (Å²) < 4.78 is 6.38. The van der Waals surface area contributed by atoms with Crippen LogP contribution >= 0.6 is 0 Å². The Morgan fingerprint density at radius 3 is 2.26 bits per heavy atom. The number of fused-ring (bicyclic) bond motifs is 1. The van der Waals surface area contributed by atoms with Gasteiger partial charge in [-0.1, -0.05) is 0 Å². The van der Waals surface area contributed by atoms with Crippen LogP contribution in [-0.4, -0.2) is 34.5 Å². The predicted molar refractivity (Wildman–Crippen MR) is 127 cm³/mol. The Kier molecular flexibility index (Phi) is 6.69. The summed E-state index contributed by atoms with van der Waals surface area (Å²) in [6, 6.07) is 17.2.